The van der Waals surface area contributed by atoms with Gasteiger partial charge in [-0.05, 0) is 49.1 Å². The fourth-order valence-corrected chi connectivity index (χ4v) is 3.67. The smallest absolute Gasteiger partial charge is 0.218 e. The largest absolute Gasteiger partial charge is 0.481 e. The fraction of sp³-hybridized carbons (Fsp3) is 0.667. The topological polar surface area (TPSA) is 51.6 Å². The van der Waals surface area contributed by atoms with Crippen LogP contribution in [0.15, 0.2) is 6.07 Å². The van der Waals surface area contributed by atoms with Crippen molar-refractivity contribution in [1.82, 2.24) is 4.98 Å². The number of halogens is 1. The number of aliphatic hydroxyl groups is 1. The second-order valence-corrected chi connectivity index (χ2v) is 6.08. The van der Waals surface area contributed by atoms with Crippen LogP contribution in [-0.4, -0.2) is 36.5 Å². The quantitative estimate of drug-likeness (QED) is 0.871. The summed E-state index contributed by atoms with van der Waals surface area (Å²) in [6.45, 7) is 1.21. The molecule has 0 spiro atoms. The van der Waals surface area contributed by atoms with Crippen molar-refractivity contribution in [3.05, 3.63) is 22.3 Å². The van der Waals surface area contributed by atoms with Gasteiger partial charge in [0.15, 0.2) is 0 Å². The van der Waals surface area contributed by atoms with E-state index in [1.54, 1.807) is 7.11 Å². The van der Waals surface area contributed by atoms with Crippen LogP contribution in [0.5, 0.6) is 5.88 Å². The van der Waals surface area contributed by atoms with Crippen LogP contribution < -0.4 is 4.74 Å². The van der Waals surface area contributed by atoms with E-state index in [0.717, 1.165) is 32.3 Å². The van der Waals surface area contributed by atoms with Crippen LogP contribution in [0.25, 0.3) is 0 Å². The lowest BCUT2D eigenvalue weighted by Gasteiger charge is -2.30. The van der Waals surface area contributed by atoms with E-state index < -0.39 is 0 Å². The summed E-state index contributed by atoms with van der Waals surface area (Å²) in [6, 6.07) is 1.94. The summed E-state index contributed by atoms with van der Waals surface area (Å²) in [5.74, 6) is 1.36. The lowest BCUT2D eigenvalue weighted by molar-refractivity contribution is -0.0478. The number of nitrogens with zero attached hydrogens (tertiary/aromatic N) is 1. The number of rotatable bonds is 3. The number of methoxy groups -OCH3 is 1. The molecule has 1 aliphatic heterocycles. The second kappa shape index (κ2) is 5.88. The van der Waals surface area contributed by atoms with Crippen molar-refractivity contribution in [2.24, 2.45) is 5.92 Å². The Morgan fingerprint density at radius 3 is 3.10 bits per heavy atom. The molecule has 0 radical (unpaired) electrons. The highest BCUT2D eigenvalue weighted by Crippen LogP contribution is 2.44. The molecule has 1 aromatic heterocycles. The van der Waals surface area contributed by atoms with Gasteiger partial charge in [0.2, 0.25) is 5.88 Å². The van der Waals surface area contributed by atoms with Crippen molar-refractivity contribution in [2.75, 3.05) is 20.3 Å². The van der Waals surface area contributed by atoms with Crippen molar-refractivity contribution in [3.63, 3.8) is 0 Å². The number of fused-ring (bicyclic) bond motifs is 1. The van der Waals surface area contributed by atoms with E-state index in [9.17, 15) is 5.11 Å². The lowest BCUT2D eigenvalue weighted by atomic mass is 9.84. The van der Waals surface area contributed by atoms with E-state index in [1.807, 2.05) is 6.07 Å². The maximum absolute atomic E-state index is 10.1. The molecule has 0 saturated carbocycles. The predicted molar refractivity (Wildman–Crippen MR) is 76.4 cm³/mol. The third-order valence-corrected chi connectivity index (χ3v) is 4.69. The Labute approximate surface area is 124 Å². The Hall–Kier alpha value is -0.840. The van der Waals surface area contributed by atoms with E-state index in [2.05, 4.69) is 4.98 Å². The Kier molecular flexibility index (Phi) is 4.15. The van der Waals surface area contributed by atoms with Gasteiger partial charge >= 0.3 is 0 Å². The SMILES string of the molecule is COc1nc(Cl)cc2c1[C@H](C[C@@H]1CCOC[C@@H]1O)CC2. The molecular weight excluding hydrogens is 278 g/mol. The summed E-state index contributed by atoms with van der Waals surface area (Å²) in [5.41, 5.74) is 2.43. The molecule has 1 saturated heterocycles. The van der Waals surface area contributed by atoms with Crippen LogP contribution >= 0.6 is 11.6 Å². The zero-order chi connectivity index (χ0) is 14.1. The normalized spacial score (nSPS) is 29.2. The average molecular weight is 298 g/mol. The lowest BCUT2D eigenvalue weighted by Crippen LogP contribution is -2.33. The molecule has 1 aromatic rings. The van der Waals surface area contributed by atoms with Gasteiger partial charge in [-0.25, -0.2) is 4.98 Å². The molecular formula is C15H20ClNO3. The van der Waals surface area contributed by atoms with Gasteiger partial charge in [-0.2, -0.15) is 0 Å². The van der Waals surface area contributed by atoms with Crippen LogP contribution in [-0.2, 0) is 11.2 Å². The first-order valence-electron chi connectivity index (χ1n) is 7.18. The van der Waals surface area contributed by atoms with Gasteiger partial charge in [0, 0.05) is 12.2 Å². The monoisotopic (exact) mass is 297 g/mol. The molecule has 1 aliphatic carbocycles. The van der Waals surface area contributed by atoms with Crippen molar-refractivity contribution < 1.29 is 14.6 Å². The maximum Gasteiger partial charge on any atom is 0.218 e. The third kappa shape index (κ3) is 2.65. The summed E-state index contributed by atoms with van der Waals surface area (Å²) in [7, 11) is 1.64. The second-order valence-electron chi connectivity index (χ2n) is 5.69. The summed E-state index contributed by atoms with van der Waals surface area (Å²) in [5, 5.41) is 10.5. The van der Waals surface area contributed by atoms with Gasteiger partial charge in [0.25, 0.3) is 0 Å². The minimum atomic E-state index is -0.348. The molecule has 2 aliphatic rings. The average Bonchev–Trinajstić information content (AvgIpc) is 2.83. The Bertz CT molecular complexity index is 494. The van der Waals surface area contributed by atoms with Gasteiger partial charge in [-0.1, -0.05) is 11.6 Å². The Morgan fingerprint density at radius 2 is 2.35 bits per heavy atom. The Morgan fingerprint density at radius 1 is 1.50 bits per heavy atom. The van der Waals surface area contributed by atoms with E-state index in [1.165, 1.54) is 11.1 Å². The van der Waals surface area contributed by atoms with Crippen molar-refractivity contribution in [1.29, 1.82) is 0 Å². The van der Waals surface area contributed by atoms with Crippen molar-refractivity contribution >= 4 is 11.6 Å². The van der Waals surface area contributed by atoms with E-state index in [4.69, 9.17) is 21.1 Å². The minimum absolute atomic E-state index is 0.306. The van der Waals surface area contributed by atoms with Crippen molar-refractivity contribution in [2.45, 2.75) is 37.7 Å². The molecule has 110 valence electrons. The van der Waals surface area contributed by atoms with Crippen LogP contribution in [0.3, 0.4) is 0 Å². The molecule has 0 amide bonds. The number of pyridine rings is 1. The molecule has 4 nitrogen and oxygen atoms in total. The molecule has 0 unspecified atom stereocenters. The van der Waals surface area contributed by atoms with Gasteiger partial charge in [-0.15, -0.1) is 0 Å². The van der Waals surface area contributed by atoms with Crippen molar-refractivity contribution in [3.8, 4) is 5.88 Å². The highest BCUT2D eigenvalue weighted by molar-refractivity contribution is 6.29. The molecule has 3 rings (SSSR count). The summed E-state index contributed by atoms with van der Waals surface area (Å²) >= 11 is 6.02. The number of aryl methyl sites for hydroxylation is 1. The molecule has 1 fully saturated rings. The highest BCUT2D eigenvalue weighted by Gasteiger charge is 2.33. The number of hydrogen-bond donors (Lipinski definition) is 1. The zero-order valence-electron chi connectivity index (χ0n) is 11.6. The van der Waals surface area contributed by atoms with Crippen LogP contribution in [0.1, 0.15) is 36.3 Å². The van der Waals surface area contributed by atoms with E-state index >= 15 is 0 Å². The predicted octanol–water partition coefficient (Wildman–Crippen LogP) is 2.56. The number of aromatic nitrogens is 1. The van der Waals surface area contributed by atoms with Crippen LogP contribution in [0.4, 0.5) is 0 Å². The van der Waals surface area contributed by atoms with Gasteiger partial charge in [0.05, 0.1) is 19.8 Å². The van der Waals surface area contributed by atoms with Gasteiger partial charge in [-0.3, -0.25) is 0 Å². The minimum Gasteiger partial charge on any atom is -0.481 e. The summed E-state index contributed by atoms with van der Waals surface area (Å²) in [6.07, 6.45) is 3.64. The highest BCUT2D eigenvalue weighted by atomic mass is 35.5. The standard InChI is InChI=1S/C15H20ClNO3/c1-19-15-14-10(2-3-11(14)7-13(16)17-15)6-9-4-5-20-8-12(9)18/h7,9-10,12,18H,2-6,8H2,1H3/t9-,10-,12-/m0/s1. The summed E-state index contributed by atoms with van der Waals surface area (Å²) < 4.78 is 10.7. The number of aliphatic hydroxyl groups excluding tert-OH is 1. The molecule has 5 heteroatoms. The fourth-order valence-electron chi connectivity index (χ4n) is 3.47. The van der Waals surface area contributed by atoms with Gasteiger partial charge < -0.3 is 14.6 Å². The van der Waals surface area contributed by atoms with E-state index in [0.29, 0.717) is 29.5 Å². The molecule has 20 heavy (non-hydrogen) atoms. The first kappa shape index (κ1) is 14.1. The summed E-state index contributed by atoms with van der Waals surface area (Å²) in [4.78, 5) is 4.28. The molecule has 2 heterocycles. The van der Waals surface area contributed by atoms with E-state index in [-0.39, 0.29) is 6.10 Å². The molecule has 1 N–H and O–H groups in total. The molecule has 0 aromatic carbocycles. The number of hydrogen-bond acceptors (Lipinski definition) is 4. The van der Waals surface area contributed by atoms with Crippen LogP contribution in [0.2, 0.25) is 5.15 Å². The number of ether oxygens (including phenoxy) is 2. The first-order chi connectivity index (χ1) is 9.69. The van der Waals surface area contributed by atoms with Crippen LogP contribution in [0, 0.1) is 5.92 Å². The van der Waals surface area contributed by atoms with Gasteiger partial charge in [0.1, 0.15) is 5.15 Å². The zero-order valence-corrected chi connectivity index (χ0v) is 12.4. The molecule has 3 atom stereocenters. The third-order valence-electron chi connectivity index (χ3n) is 4.49. The molecule has 0 bridgehead atoms. The maximum atomic E-state index is 10.1. The Balaban J connectivity index is 1.81. The first-order valence-corrected chi connectivity index (χ1v) is 7.56.